The van der Waals surface area contributed by atoms with Crippen molar-refractivity contribution in [3.63, 3.8) is 0 Å². The third kappa shape index (κ3) is 66.5. The van der Waals surface area contributed by atoms with Gasteiger partial charge in [0.2, 0.25) is 0 Å². The predicted octanol–water partition coefficient (Wildman–Crippen LogP) is 20.6. The van der Waals surface area contributed by atoms with Gasteiger partial charge in [-0.1, -0.05) is 312 Å². The minimum Gasteiger partial charge on any atom is -0.462 e. The van der Waals surface area contributed by atoms with E-state index in [2.05, 4.69) is 48.5 Å². The van der Waals surface area contributed by atoms with Gasteiger partial charge in [-0.05, 0) is 43.4 Å². The summed E-state index contributed by atoms with van der Waals surface area (Å²) in [6.07, 6.45) is 47.4. The van der Waals surface area contributed by atoms with Crippen molar-refractivity contribution in [3.05, 3.63) is 0 Å². The van der Waals surface area contributed by atoms with Gasteiger partial charge in [0.05, 0.1) is 26.4 Å². The van der Waals surface area contributed by atoms with Crippen LogP contribution in [0.3, 0.4) is 0 Å². The number of aliphatic hydroxyl groups is 1. The van der Waals surface area contributed by atoms with Crippen LogP contribution < -0.4 is 0 Å². The molecule has 2 unspecified atom stereocenters. The Morgan fingerprint density at radius 2 is 0.505 bits per heavy atom. The lowest BCUT2D eigenvalue weighted by Gasteiger charge is -2.21. The number of hydrogen-bond acceptors (Lipinski definition) is 15. The zero-order valence-corrected chi connectivity index (χ0v) is 61.1. The highest BCUT2D eigenvalue weighted by Gasteiger charge is 2.30. The van der Waals surface area contributed by atoms with Gasteiger partial charge in [-0.25, -0.2) is 9.13 Å². The first-order valence-corrected chi connectivity index (χ1v) is 40.3. The molecule has 0 aromatic rings. The normalized spacial score (nSPS) is 14.2. The molecular weight excluding hydrogens is 1200 g/mol. The number of ether oxygens (including phenoxy) is 4. The fourth-order valence-electron chi connectivity index (χ4n) is 10.9. The standard InChI is InChI=1S/C72H140O17P2/c1-8-9-10-11-12-13-20-26-32-41-48-55-71(76)89-68(60-83-70(75)54-47-40-35-34-38-45-52-65(6)7)62-87-91(80,81)85-58-66(73)57-84-90(78,79)86-61-67(59-82-69(74)53-46-39-31-28-23-25-30-37-44-51-64(4)5)88-72(77)56-49-42-33-27-22-19-17-15-14-16-18-21-24-29-36-43-50-63(2)3/h63-68,73H,8-62H2,1-7H3,(H,78,79)(H,80,81)/t66-,67-,68-/m1/s1. The Bertz CT molecular complexity index is 1780. The van der Waals surface area contributed by atoms with Crippen LogP contribution in [0.4, 0.5) is 0 Å². The van der Waals surface area contributed by atoms with Gasteiger partial charge in [0, 0.05) is 25.7 Å². The number of phosphoric ester groups is 2. The summed E-state index contributed by atoms with van der Waals surface area (Å²) in [4.78, 5) is 72.5. The maximum atomic E-state index is 13.0. The lowest BCUT2D eigenvalue weighted by molar-refractivity contribution is -0.161. The first kappa shape index (κ1) is 89.1. The average Bonchev–Trinajstić information content (AvgIpc) is 3.49. The van der Waals surface area contributed by atoms with E-state index in [-0.39, 0.29) is 25.7 Å². The lowest BCUT2D eigenvalue weighted by atomic mass is 10.0. The number of hydrogen-bond donors (Lipinski definition) is 3. The molecule has 0 aliphatic rings. The molecule has 0 saturated carbocycles. The van der Waals surface area contributed by atoms with E-state index < -0.39 is 97.5 Å². The van der Waals surface area contributed by atoms with Gasteiger partial charge in [0.1, 0.15) is 19.3 Å². The Balaban J connectivity index is 5.21. The molecule has 540 valence electrons. The molecular formula is C72H140O17P2. The smallest absolute Gasteiger partial charge is 0.462 e. The third-order valence-corrected chi connectivity index (χ3v) is 18.5. The Labute approximate surface area is 556 Å². The molecule has 0 aliphatic carbocycles. The van der Waals surface area contributed by atoms with E-state index in [4.69, 9.17) is 37.0 Å². The Hall–Kier alpha value is -1.94. The van der Waals surface area contributed by atoms with Crippen molar-refractivity contribution < 1.29 is 80.2 Å². The maximum Gasteiger partial charge on any atom is 0.472 e. The zero-order chi connectivity index (χ0) is 67.3. The second kappa shape index (κ2) is 62.8. The van der Waals surface area contributed by atoms with E-state index in [9.17, 15) is 43.2 Å². The fraction of sp³-hybridized carbons (Fsp3) is 0.944. The second-order valence-electron chi connectivity index (χ2n) is 27.4. The molecule has 0 aromatic carbocycles. The third-order valence-electron chi connectivity index (χ3n) is 16.6. The highest BCUT2D eigenvalue weighted by molar-refractivity contribution is 7.47. The SMILES string of the molecule is CCCCCCCCCCCCCC(=O)O[C@H](COC(=O)CCCCCCCCC(C)C)COP(=O)(O)OC[C@H](O)COP(=O)(O)OC[C@@H](COC(=O)CCCCCCCCCCCC(C)C)OC(=O)CCCCCCCCCCCCCCCCCCC(C)C. The summed E-state index contributed by atoms with van der Waals surface area (Å²) in [5, 5.41) is 10.6. The Morgan fingerprint density at radius 1 is 0.297 bits per heavy atom. The van der Waals surface area contributed by atoms with Crippen molar-refractivity contribution in [2.24, 2.45) is 17.8 Å². The van der Waals surface area contributed by atoms with Gasteiger partial charge in [0.15, 0.2) is 12.2 Å². The molecule has 0 bridgehead atoms. The van der Waals surface area contributed by atoms with E-state index in [1.807, 2.05) is 0 Å². The quantitative estimate of drug-likeness (QED) is 0.0222. The molecule has 0 aliphatic heterocycles. The highest BCUT2D eigenvalue weighted by atomic mass is 31.2. The summed E-state index contributed by atoms with van der Waals surface area (Å²) in [6, 6.07) is 0. The summed E-state index contributed by atoms with van der Waals surface area (Å²) >= 11 is 0. The van der Waals surface area contributed by atoms with Crippen molar-refractivity contribution in [3.8, 4) is 0 Å². The largest absolute Gasteiger partial charge is 0.472 e. The van der Waals surface area contributed by atoms with Crippen molar-refractivity contribution in [2.75, 3.05) is 39.6 Å². The number of aliphatic hydroxyl groups excluding tert-OH is 1. The summed E-state index contributed by atoms with van der Waals surface area (Å²) < 4.78 is 68.3. The van der Waals surface area contributed by atoms with Crippen molar-refractivity contribution in [1.82, 2.24) is 0 Å². The topological polar surface area (TPSA) is 237 Å². The number of unbranched alkanes of at least 4 members (excludes halogenated alkanes) is 38. The van der Waals surface area contributed by atoms with Crippen LogP contribution in [-0.4, -0.2) is 96.7 Å². The van der Waals surface area contributed by atoms with Crippen LogP contribution in [0.5, 0.6) is 0 Å². The fourth-order valence-corrected chi connectivity index (χ4v) is 12.5. The van der Waals surface area contributed by atoms with Crippen LogP contribution in [-0.2, 0) is 65.4 Å². The van der Waals surface area contributed by atoms with Gasteiger partial charge in [-0.15, -0.1) is 0 Å². The first-order valence-electron chi connectivity index (χ1n) is 37.3. The van der Waals surface area contributed by atoms with Crippen molar-refractivity contribution >= 4 is 39.5 Å². The Kier molecular flexibility index (Phi) is 61.5. The summed E-state index contributed by atoms with van der Waals surface area (Å²) in [6.45, 7) is 11.8. The maximum absolute atomic E-state index is 13.0. The molecule has 17 nitrogen and oxygen atoms in total. The molecule has 0 saturated heterocycles. The van der Waals surface area contributed by atoms with Crippen molar-refractivity contribution in [1.29, 1.82) is 0 Å². The molecule has 0 heterocycles. The van der Waals surface area contributed by atoms with E-state index in [0.717, 1.165) is 108 Å². The second-order valence-corrected chi connectivity index (χ2v) is 30.3. The lowest BCUT2D eigenvalue weighted by Crippen LogP contribution is -2.30. The van der Waals surface area contributed by atoms with Crippen LogP contribution in [0.25, 0.3) is 0 Å². The Morgan fingerprint density at radius 3 is 0.747 bits per heavy atom. The van der Waals surface area contributed by atoms with E-state index in [0.29, 0.717) is 31.6 Å². The zero-order valence-electron chi connectivity index (χ0n) is 59.3. The molecule has 0 fully saturated rings. The van der Waals surface area contributed by atoms with Gasteiger partial charge in [0.25, 0.3) is 0 Å². The number of esters is 4. The molecule has 3 N–H and O–H groups in total. The summed E-state index contributed by atoms with van der Waals surface area (Å²) in [5.74, 6) is 0.107. The molecule has 0 aromatic heterocycles. The van der Waals surface area contributed by atoms with Crippen LogP contribution in [0.15, 0.2) is 0 Å². The van der Waals surface area contributed by atoms with Gasteiger partial charge >= 0.3 is 39.5 Å². The number of phosphoric acid groups is 2. The molecule has 5 atom stereocenters. The summed E-state index contributed by atoms with van der Waals surface area (Å²) in [5.41, 5.74) is 0. The van der Waals surface area contributed by atoms with Gasteiger partial charge in [-0.3, -0.25) is 37.3 Å². The van der Waals surface area contributed by atoms with Crippen molar-refractivity contribution in [2.45, 2.75) is 381 Å². The van der Waals surface area contributed by atoms with E-state index in [1.54, 1.807) is 0 Å². The van der Waals surface area contributed by atoms with Crippen LogP contribution in [0.2, 0.25) is 0 Å². The molecule has 0 rings (SSSR count). The predicted molar refractivity (Wildman–Crippen MR) is 368 cm³/mol. The van der Waals surface area contributed by atoms with E-state index >= 15 is 0 Å². The monoisotopic (exact) mass is 1340 g/mol. The molecule has 19 heteroatoms. The first-order chi connectivity index (χ1) is 43.7. The molecule has 0 radical (unpaired) electrons. The minimum absolute atomic E-state index is 0.106. The molecule has 91 heavy (non-hydrogen) atoms. The minimum atomic E-state index is -4.95. The number of rotatable bonds is 70. The van der Waals surface area contributed by atoms with Gasteiger partial charge < -0.3 is 33.8 Å². The molecule has 0 amide bonds. The highest BCUT2D eigenvalue weighted by Crippen LogP contribution is 2.45. The van der Waals surface area contributed by atoms with E-state index in [1.165, 1.54) is 167 Å². The summed E-state index contributed by atoms with van der Waals surface area (Å²) in [7, 11) is -9.90. The molecule has 0 spiro atoms. The van der Waals surface area contributed by atoms with Crippen LogP contribution in [0.1, 0.15) is 363 Å². The van der Waals surface area contributed by atoms with Crippen LogP contribution in [0, 0.1) is 17.8 Å². The number of carbonyl (C=O) groups is 4. The van der Waals surface area contributed by atoms with Gasteiger partial charge in [-0.2, -0.15) is 0 Å². The number of carbonyl (C=O) groups excluding carboxylic acids is 4. The van der Waals surface area contributed by atoms with Crippen LogP contribution >= 0.6 is 15.6 Å². The average molecular weight is 1340 g/mol.